The molecule has 5 heteroatoms. The molecular weight excluding hydrogens is 233 g/mol. The van der Waals surface area contributed by atoms with Gasteiger partial charge in [0.15, 0.2) is 0 Å². The van der Waals surface area contributed by atoms with Crippen LogP contribution in [0.2, 0.25) is 0 Å². The van der Waals surface area contributed by atoms with E-state index in [1.807, 2.05) is 19.1 Å². The Bertz CT molecular complexity index is 322. The van der Waals surface area contributed by atoms with Gasteiger partial charge in [0.25, 0.3) is 0 Å². The lowest BCUT2D eigenvalue weighted by Crippen LogP contribution is -2.15. The predicted molar refractivity (Wildman–Crippen MR) is 64.4 cm³/mol. The molecule has 1 aromatic rings. The van der Waals surface area contributed by atoms with E-state index in [-0.39, 0.29) is 12.4 Å². The first-order chi connectivity index (χ1) is 7.13. The molecule has 0 aromatic heterocycles. The Balaban J connectivity index is 0.00000225. The minimum absolute atomic E-state index is 0. The average molecular weight is 250 g/mol. The molecule has 2 N–H and O–H groups in total. The molecule has 92 valence electrons. The quantitative estimate of drug-likeness (QED) is 0.891. The summed E-state index contributed by atoms with van der Waals surface area (Å²) >= 11 is 0. The zero-order valence-electron chi connectivity index (χ0n) is 9.62. The van der Waals surface area contributed by atoms with E-state index < -0.39 is 12.7 Å². The summed E-state index contributed by atoms with van der Waals surface area (Å²) in [5, 5.41) is 0. The molecule has 0 heterocycles. The summed E-state index contributed by atoms with van der Waals surface area (Å²) in [6, 6.07) is 2.91. The van der Waals surface area contributed by atoms with Crippen molar-refractivity contribution in [2.45, 2.75) is 13.0 Å². The number of nitrogens with two attached hydrogens (primary N) is 1. The van der Waals surface area contributed by atoms with E-state index in [4.69, 9.17) is 15.2 Å². The zero-order valence-corrected chi connectivity index (χ0v) is 10.4. The van der Waals surface area contributed by atoms with Gasteiger partial charge in [-0.3, -0.25) is 0 Å². The van der Waals surface area contributed by atoms with E-state index in [1.165, 1.54) is 14.2 Å². The molecule has 1 aromatic carbocycles. The van der Waals surface area contributed by atoms with Crippen LogP contribution < -0.4 is 15.2 Å². The number of ether oxygens (including phenoxy) is 2. The van der Waals surface area contributed by atoms with Crippen molar-refractivity contribution in [1.82, 2.24) is 0 Å². The van der Waals surface area contributed by atoms with Gasteiger partial charge in [0.1, 0.15) is 18.2 Å². The van der Waals surface area contributed by atoms with Crippen LogP contribution in [0.1, 0.15) is 17.2 Å². The molecule has 0 fully saturated rings. The van der Waals surface area contributed by atoms with Crippen molar-refractivity contribution >= 4 is 12.4 Å². The van der Waals surface area contributed by atoms with Crippen LogP contribution in [0.25, 0.3) is 0 Å². The van der Waals surface area contributed by atoms with Gasteiger partial charge in [-0.15, -0.1) is 12.4 Å². The molecule has 0 saturated heterocycles. The maximum atomic E-state index is 12.6. The standard InChI is InChI=1S/C11H16FNO2.ClH/c1-7-4-9(14-2)11(8(13)6-12)10(5-7)15-3;/h4-5,8H,6,13H2,1-3H3;1H/t8-;/m1./s1. The molecule has 1 rings (SSSR count). The summed E-state index contributed by atoms with van der Waals surface area (Å²) < 4.78 is 22.9. The minimum Gasteiger partial charge on any atom is -0.496 e. The van der Waals surface area contributed by atoms with E-state index >= 15 is 0 Å². The third-order valence-corrected chi connectivity index (χ3v) is 2.23. The third-order valence-electron chi connectivity index (χ3n) is 2.23. The first kappa shape index (κ1) is 15.0. The number of alkyl halides is 1. The first-order valence-electron chi connectivity index (χ1n) is 4.68. The van der Waals surface area contributed by atoms with Crippen LogP contribution >= 0.6 is 12.4 Å². The normalized spacial score (nSPS) is 11.6. The molecule has 0 aliphatic carbocycles. The summed E-state index contributed by atoms with van der Waals surface area (Å²) in [4.78, 5) is 0. The smallest absolute Gasteiger partial charge is 0.127 e. The Kier molecular flexibility index (Phi) is 6.14. The number of methoxy groups -OCH3 is 2. The van der Waals surface area contributed by atoms with E-state index in [0.29, 0.717) is 17.1 Å². The summed E-state index contributed by atoms with van der Waals surface area (Å²) in [5.74, 6) is 1.13. The molecule has 0 spiro atoms. The molecule has 1 atom stereocenters. The predicted octanol–water partition coefficient (Wildman–Crippen LogP) is 2.40. The number of halogens is 2. The van der Waals surface area contributed by atoms with Gasteiger partial charge in [0.2, 0.25) is 0 Å². The number of rotatable bonds is 4. The lowest BCUT2D eigenvalue weighted by atomic mass is 10.0. The molecule has 16 heavy (non-hydrogen) atoms. The highest BCUT2D eigenvalue weighted by atomic mass is 35.5. The lowest BCUT2D eigenvalue weighted by Gasteiger charge is -2.17. The van der Waals surface area contributed by atoms with Crippen molar-refractivity contribution in [3.05, 3.63) is 23.3 Å². The number of benzene rings is 1. The Hall–Kier alpha value is -1.00. The average Bonchev–Trinajstić information content (AvgIpc) is 2.26. The van der Waals surface area contributed by atoms with Crippen molar-refractivity contribution < 1.29 is 13.9 Å². The monoisotopic (exact) mass is 249 g/mol. The summed E-state index contributed by atoms with van der Waals surface area (Å²) in [6.07, 6.45) is 0. The molecule has 0 amide bonds. The largest absolute Gasteiger partial charge is 0.496 e. The van der Waals surface area contributed by atoms with Gasteiger partial charge in [-0.25, -0.2) is 4.39 Å². The topological polar surface area (TPSA) is 44.5 Å². The number of hydrogen-bond acceptors (Lipinski definition) is 3. The second-order valence-corrected chi connectivity index (χ2v) is 3.34. The second kappa shape index (κ2) is 6.55. The van der Waals surface area contributed by atoms with Gasteiger partial charge in [-0.2, -0.15) is 0 Å². The molecule has 0 aliphatic heterocycles. The first-order valence-corrected chi connectivity index (χ1v) is 4.68. The van der Waals surface area contributed by atoms with Crippen LogP contribution in [0.3, 0.4) is 0 Å². The molecule has 0 unspecified atom stereocenters. The summed E-state index contributed by atoms with van der Waals surface area (Å²) in [7, 11) is 3.06. The van der Waals surface area contributed by atoms with Crippen LogP contribution in [0.5, 0.6) is 11.5 Å². The third kappa shape index (κ3) is 3.00. The van der Waals surface area contributed by atoms with E-state index in [1.54, 1.807) is 0 Å². The van der Waals surface area contributed by atoms with E-state index in [9.17, 15) is 4.39 Å². The molecule has 0 bridgehead atoms. The Morgan fingerprint density at radius 3 is 2.00 bits per heavy atom. The number of hydrogen-bond donors (Lipinski definition) is 1. The number of aryl methyl sites for hydroxylation is 1. The van der Waals surface area contributed by atoms with Crippen molar-refractivity contribution in [2.75, 3.05) is 20.9 Å². The van der Waals surface area contributed by atoms with Gasteiger partial charge < -0.3 is 15.2 Å². The van der Waals surface area contributed by atoms with Gasteiger partial charge in [0, 0.05) is 0 Å². The molecule has 0 radical (unpaired) electrons. The van der Waals surface area contributed by atoms with Crippen LogP contribution in [-0.4, -0.2) is 20.9 Å². The highest BCUT2D eigenvalue weighted by molar-refractivity contribution is 5.85. The molecule has 0 saturated carbocycles. The van der Waals surface area contributed by atoms with Crippen LogP contribution in [-0.2, 0) is 0 Å². The van der Waals surface area contributed by atoms with Crippen molar-refractivity contribution in [2.24, 2.45) is 5.73 Å². The Labute approximate surface area is 101 Å². The van der Waals surface area contributed by atoms with Crippen LogP contribution in [0.4, 0.5) is 4.39 Å². The maximum absolute atomic E-state index is 12.6. The fourth-order valence-corrected chi connectivity index (χ4v) is 1.51. The van der Waals surface area contributed by atoms with E-state index in [0.717, 1.165) is 5.56 Å². The highest BCUT2D eigenvalue weighted by Crippen LogP contribution is 2.34. The summed E-state index contributed by atoms with van der Waals surface area (Å²) in [5.41, 5.74) is 7.22. The highest BCUT2D eigenvalue weighted by Gasteiger charge is 2.18. The van der Waals surface area contributed by atoms with Crippen molar-refractivity contribution in [3.8, 4) is 11.5 Å². The van der Waals surface area contributed by atoms with Gasteiger partial charge in [0.05, 0.1) is 25.8 Å². The van der Waals surface area contributed by atoms with Gasteiger partial charge >= 0.3 is 0 Å². The van der Waals surface area contributed by atoms with Crippen molar-refractivity contribution in [3.63, 3.8) is 0 Å². The molecule has 0 aliphatic rings. The van der Waals surface area contributed by atoms with Gasteiger partial charge in [-0.05, 0) is 24.6 Å². The maximum Gasteiger partial charge on any atom is 0.127 e. The lowest BCUT2D eigenvalue weighted by molar-refractivity contribution is 0.362. The minimum atomic E-state index is -0.713. The Morgan fingerprint density at radius 1 is 1.25 bits per heavy atom. The van der Waals surface area contributed by atoms with E-state index in [2.05, 4.69) is 0 Å². The second-order valence-electron chi connectivity index (χ2n) is 3.34. The fourth-order valence-electron chi connectivity index (χ4n) is 1.51. The Morgan fingerprint density at radius 2 is 1.69 bits per heavy atom. The van der Waals surface area contributed by atoms with Crippen LogP contribution in [0, 0.1) is 6.92 Å². The zero-order chi connectivity index (χ0) is 11.4. The summed E-state index contributed by atoms with van der Waals surface area (Å²) in [6.45, 7) is 1.27. The van der Waals surface area contributed by atoms with Gasteiger partial charge in [-0.1, -0.05) is 0 Å². The molecule has 3 nitrogen and oxygen atoms in total. The SMILES string of the molecule is COc1cc(C)cc(OC)c1[C@H](N)CF.Cl. The fraction of sp³-hybridized carbons (Fsp3) is 0.455. The van der Waals surface area contributed by atoms with Crippen LogP contribution in [0.15, 0.2) is 12.1 Å². The molecular formula is C11H17ClFNO2. The van der Waals surface area contributed by atoms with Crippen molar-refractivity contribution in [1.29, 1.82) is 0 Å².